The second kappa shape index (κ2) is 10.1. The number of nitrogens with zero attached hydrogens (tertiary/aromatic N) is 5. The van der Waals surface area contributed by atoms with Crippen LogP contribution in [0.1, 0.15) is 28.9 Å². The van der Waals surface area contributed by atoms with Crippen molar-refractivity contribution in [2.75, 3.05) is 24.6 Å². The van der Waals surface area contributed by atoms with E-state index in [9.17, 15) is 9.59 Å². The van der Waals surface area contributed by atoms with Crippen molar-refractivity contribution < 1.29 is 4.79 Å². The zero-order chi connectivity index (χ0) is 23.3. The molecule has 1 aliphatic rings. The van der Waals surface area contributed by atoms with Crippen molar-refractivity contribution >= 4 is 35.1 Å². The lowest BCUT2D eigenvalue weighted by atomic mass is 10.1. The van der Waals surface area contributed by atoms with E-state index < -0.39 is 5.91 Å². The van der Waals surface area contributed by atoms with Crippen LogP contribution in [0.2, 0.25) is 5.15 Å². The molecule has 3 rings (SSSR count). The summed E-state index contributed by atoms with van der Waals surface area (Å²) < 4.78 is 1.52. The highest BCUT2D eigenvalue weighted by atomic mass is 35.5. The van der Waals surface area contributed by atoms with Crippen LogP contribution in [-0.2, 0) is 13.1 Å². The van der Waals surface area contributed by atoms with Crippen molar-refractivity contribution in [1.29, 1.82) is 0 Å². The molecule has 1 saturated heterocycles. The number of pyridine rings is 1. The second-order valence-electron chi connectivity index (χ2n) is 7.32. The Morgan fingerprint density at radius 2 is 2.00 bits per heavy atom. The predicted octanol–water partition coefficient (Wildman–Crippen LogP) is -0.202. The number of terminal acetylenes is 1. The molecule has 0 atom stereocenters. The summed E-state index contributed by atoms with van der Waals surface area (Å²) in [7, 11) is 0. The first-order valence-electron chi connectivity index (χ1n) is 9.85. The summed E-state index contributed by atoms with van der Waals surface area (Å²) in [6.07, 6.45) is 8.62. The third-order valence-corrected chi connectivity index (χ3v) is 5.23. The number of hydrogen-bond acceptors (Lipinski definition) is 8. The molecule has 0 spiro atoms. The number of carbonyl (C=O) groups excluding carboxylic acids is 1. The second-order valence-corrected chi connectivity index (χ2v) is 7.67. The minimum absolute atomic E-state index is 0.0380. The zero-order valence-electron chi connectivity index (χ0n) is 17.3. The monoisotopic (exact) mass is 457 g/mol. The third kappa shape index (κ3) is 5.75. The van der Waals surface area contributed by atoms with E-state index >= 15 is 0 Å². The Morgan fingerprint density at radius 3 is 2.69 bits per heavy atom. The molecule has 1 aliphatic heterocycles. The van der Waals surface area contributed by atoms with E-state index in [-0.39, 0.29) is 46.6 Å². The summed E-state index contributed by atoms with van der Waals surface area (Å²) in [6.45, 7) is 2.52. The molecule has 0 aliphatic carbocycles. The number of amides is 1. The minimum atomic E-state index is -0.669. The molecule has 11 nitrogen and oxygen atoms in total. The Hall–Kier alpha value is -3.62. The van der Waals surface area contributed by atoms with E-state index in [2.05, 4.69) is 31.1 Å². The maximum atomic E-state index is 12.3. The first kappa shape index (κ1) is 23.1. The van der Waals surface area contributed by atoms with Crippen molar-refractivity contribution in [3.63, 3.8) is 0 Å². The van der Waals surface area contributed by atoms with Gasteiger partial charge in [0.1, 0.15) is 0 Å². The summed E-state index contributed by atoms with van der Waals surface area (Å²) in [5.41, 5.74) is 17.8. The van der Waals surface area contributed by atoms with Gasteiger partial charge in [0.25, 0.3) is 11.5 Å². The van der Waals surface area contributed by atoms with Crippen molar-refractivity contribution in [3.05, 3.63) is 45.1 Å². The molecule has 0 bridgehead atoms. The van der Waals surface area contributed by atoms with Gasteiger partial charge in [0.15, 0.2) is 28.4 Å². The number of piperidine rings is 1. The van der Waals surface area contributed by atoms with Gasteiger partial charge in [0.05, 0.1) is 12.6 Å². The standard InChI is InChI=1S/C20H24ClN9O2/c1-2-7-30-11-12(3-4-14(30)31)10-29-8-5-13(6-9-29)25-20(24)28-19(32)15-17(22)27-18(23)16(21)26-15/h1,3-4,11,13H,5-10H2,(H4,22,23,27)(H3,24,25,28,32). The zero-order valence-corrected chi connectivity index (χ0v) is 18.0. The molecule has 2 aromatic heterocycles. The first-order chi connectivity index (χ1) is 15.3. The molecule has 0 radical (unpaired) electrons. The number of nitrogen functional groups attached to an aromatic ring is 2. The third-order valence-electron chi connectivity index (χ3n) is 4.95. The molecule has 1 amide bonds. The summed E-state index contributed by atoms with van der Waals surface area (Å²) in [6, 6.07) is 3.30. The summed E-state index contributed by atoms with van der Waals surface area (Å²) >= 11 is 5.80. The Morgan fingerprint density at radius 1 is 1.28 bits per heavy atom. The van der Waals surface area contributed by atoms with Crippen molar-refractivity contribution in [2.24, 2.45) is 10.7 Å². The summed E-state index contributed by atoms with van der Waals surface area (Å²) in [5, 5.41) is 2.33. The first-order valence-corrected chi connectivity index (χ1v) is 10.2. The number of likely N-dealkylation sites (tertiary alicyclic amines) is 1. The van der Waals surface area contributed by atoms with E-state index in [1.54, 1.807) is 6.20 Å². The lowest BCUT2D eigenvalue weighted by Crippen LogP contribution is -2.41. The minimum Gasteiger partial charge on any atom is -0.382 e. The van der Waals surface area contributed by atoms with E-state index in [1.807, 2.05) is 6.07 Å². The highest BCUT2D eigenvalue weighted by Gasteiger charge is 2.21. The van der Waals surface area contributed by atoms with Gasteiger partial charge in [-0.05, 0) is 18.4 Å². The van der Waals surface area contributed by atoms with Crippen LogP contribution in [0.5, 0.6) is 0 Å². The Bertz CT molecular complexity index is 1130. The average Bonchev–Trinajstić information content (AvgIpc) is 2.74. The fourth-order valence-corrected chi connectivity index (χ4v) is 3.50. The van der Waals surface area contributed by atoms with Gasteiger partial charge in [0, 0.05) is 31.9 Å². The van der Waals surface area contributed by atoms with Crippen LogP contribution in [0.3, 0.4) is 0 Å². The molecule has 1 fully saturated rings. The number of carbonyl (C=O) groups is 1. The highest BCUT2D eigenvalue weighted by molar-refractivity contribution is 6.31. The number of aliphatic imine (C=N–C) groups is 1. The van der Waals surface area contributed by atoms with Crippen LogP contribution in [0, 0.1) is 12.3 Å². The molecule has 2 aromatic rings. The summed E-state index contributed by atoms with van der Waals surface area (Å²) in [4.78, 5) is 38.4. The van der Waals surface area contributed by atoms with Gasteiger partial charge in [-0.25, -0.2) is 15.0 Å². The van der Waals surface area contributed by atoms with Gasteiger partial charge >= 0.3 is 0 Å². The van der Waals surface area contributed by atoms with E-state index in [4.69, 9.17) is 35.2 Å². The summed E-state index contributed by atoms with van der Waals surface area (Å²) in [5.74, 6) is 1.55. The van der Waals surface area contributed by atoms with Gasteiger partial charge in [-0.1, -0.05) is 23.6 Å². The lowest BCUT2D eigenvalue weighted by Gasteiger charge is -2.30. The Labute approximate surface area is 189 Å². The molecule has 32 heavy (non-hydrogen) atoms. The smallest absolute Gasteiger partial charge is 0.280 e. The maximum absolute atomic E-state index is 12.3. The van der Waals surface area contributed by atoms with Crippen LogP contribution in [-0.4, -0.2) is 50.4 Å². The number of hydrogen-bond donors (Lipinski definition) is 4. The number of rotatable bonds is 5. The van der Waals surface area contributed by atoms with Crippen molar-refractivity contribution in [2.45, 2.75) is 32.0 Å². The van der Waals surface area contributed by atoms with Crippen LogP contribution < -0.4 is 28.1 Å². The maximum Gasteiger partial charge on any atom is 0.280 e. The molecule has 3 heterocycles. The van der Waals surface area contributed by atoms with Crippen LogP contribution in [0.25, 0.3) is 0 Å². The number of aromatic nitrogens is 3. The lowest BCUT2D eigenvalue weighted by molar-refractivity contribution is 0.0972. The molecule has 0 unspecified atom stereocenters. The quantitative estimate of drug-likeness (QED) is 0.271. The van der Waals surface area contributed by atoms with Crippen molar-refractivity contribution in [1.82, 2.24) is 24.8 Å². The predicted molar refractivity (Wildman–Crippen MR) is 123 cm³/mol. The van der Waals surface area contributed by atoms with E-state index in [0.29, 0.717) is 6.54 Å². The van der Waals surface area contributed by atoms with Gasteiger partial charge in [-0.2, -0.15) is 0 Å². The van der Waals surface area contributed by atoms with Gasteiger partial charge in [-0.15, -0.1) is 6.42 Å². The number of halogens is 1. The fraction of sp³-hybridized carbons (Fsp3) is 0.350. The number of guanidine groups is 1. The molecule has 12 heteroatoms. The number of nitrogens with one attached hydrogen (secondary N) is 1. The Balaban J connectivity index is 1.54. The molecule has 7 N–H and O–H groups in total. The fourth-order valence-electron chi connectivity index (χ4n) is 3.37. The van der Waals surface area contributed by atoms with Gasteiger partial charge < -0.3 is 21.8 Å². The van der Waals surface area contributed by atoms with E-state index in [1.165, 1.54) is 10.6 Å². The van der Waals surface area contributed by atoms with Crippen LogP contribution in [0.4, 0.5) is 11.6 Å². The average molecular weight is 458 g/mol. The Kier molecular flexibility index (Phi) is 7.29. The van der Waals surface area contributed by atoms with Gasteiger partial charge in [-0.3, -0.25) is 19.8 Å². The molecular formula is C20H24ClN9O2. The molecular weight excluding hydrogens is 434 g/mol. The van der Waals surface area contributed by atoms with Crippen molar-refractivity contribution in [3.8, 4) is 12.3 Å². The van der Waals surface area contributed by atoms with Crippen LogP contribution >= 0.6 is 11.6 Å². The van der Waals surface area contributed by atoms with Crippen LogP contribution in [0.15, 0.2) is 28.1 Å². The normalized spacial score (nSPS) is 15.3. The molecule has 0 saturated carbocycles. The van der Waals surface area contributed by atoms with E-state index in [0.717, 1.165) is 31.5 Å². The van der Waals surface area contributed by atoms with Gasteiger partial charge in [0.2, 0.25) is 0 Å². The molecule has 168 valence electrons. The number of nitrogens with two attached hydrogens (primary N) is 3. The molecule has 0 aromatic carbocycles. The SMILES string of the molecule is C#CCn1cc(CN2CCC(N=C(N)NC(=O)c3nc(Cl)c(N)nc3N)CC2)ccc1=O. The number of anilines is 2. The topological polar surface area (TPSA) is 171 Å². The largest absolute Gasteiger partial charge is 0.382 e. The highest BCUT2D eigenvalue weighted by Crippen LogP contribution is 2.18.